The molecule has 1 saturated carbocycles. The lowest BCUT2D eigenvalue weighted by atomic mass is 9.92. The molecule has 1 aliphatic carbocycles. The molecule has 0 aromatic heterocycles. The fourth-order valence-corrected chi connectivity index (χ4v) is 4.90. The van der Waals surface area contributed by atoms with Crippen molar-refractivity contribution in [3.05, 3.63) is 81.4 Å². The lowest BCUT2D eigenvalue weighted by Gasteiger charge is -2.30. The third-order valence-electron chi connectivity index (χ3n) is 6.96. The molecule has 8 nitrogen and oxygen atoms in total. The molecule has 0 saturated heterocycles. The van der Waals surface area contributed by atoms with Crippen LogP contribution in [0.3, 0.4) is 0 Å². The van der Waals surface area contributed by atoms with E-state index in [0.29, 0.717) is 25.7 Å². The number of nitro groups is 1. The van der Waals surface area contributed by atoms with Gasteiger partial charge in [-0.3, -0.25) is 19.7 Å². The van der Waals surface area contributed by atoms with Crippen molar-refractivity contribution in [3.63, 3.8) is 0 Å². The van der Waals surface area contributed by atoms with Crippen LogP contribution in [0.25, 0.3) is 10.8 Å². The molecule has 1 amide bonds. The van der Waals surface area contributed by atoms with Gasteiger partial charge in [-0.05, 0) is 61.1 Å². The molecule has 3 aromatic rings. The minimum atomic E-state index is -4.83. The van der Waals surface area contributed by atoms with Crippen LogP contribution in [-0.4, -0.2) is 41.9 Å². The Labute approximate surface area is 229 Å². The van der Waals surface area contributed by atoms with E-state index in [4.69, 9.17) is 4.74 Å². The lowest BCUT2D eigenvalue weighted by molar-refractivity contribution is -0.388. The van der Waals surface area contributed by atoms with Gasteiger partial charge in [-0.25, -0.2) is 0 Å². The summed E-state index contributed by atoms with van der Waals surface area (Å²) in [4.78, 5) is 34.5. The summed E-state index contributed by atoms with van der Waals surface area (Å²) in [7, 11) is 0. The molecule has 40 heavy (non-hydrogen) atoms. The van der Waals surface area contributed by atoms with Crippen LogP contribution in [-0.2, 0) is 26.9 Å². The molecule has 212 valence electrons. The molecule has 11 heteroatoms. The SMILES string of the molecule is Cc1ccc2cc(CC(=O)C(=O)NCCOC3CCC(Nc4ccc([N+](=O)[O-])c(C(F)(F)F)c4)CC3)ccc2c1. The Morgan fingerprint density at radius 3 is 2.40 bits per heavy atom. The maximum atomic E-state index is 13.2. The van der Waals surface area contributed by atoms with Gasteiger partial charge in [-0.2, -0.15) is 13.2 Å². The Bertz CT molecular complexity index is 1400. The number of anilines is 1. The summed E-state index contributed by atoms with van der Waals surface area (Å²) >= 11 is 0. The molecule has 0 unspecified atom stereocenters. The van der Waals surface area contributed by atoms with E-state index in [-0.39, 0.29) is 37.4 Å². The zero-order valence-corrected chi connectivity index (χ0v) is 21.9. The number of rotatable bonds is 10. The number of halogens is 3. The summed E-state index contributed by atoms with van der Waals surface area (Å²) in [5.74, 6) is -1.19. The highest BCUT2D eigenvalue weighted by Gasteiger charge is 2.38. The third kappa shape index (κ3) is 7.56. The number of aryl methyl sites for hydroxylation is 1. The van der Waals surface area contributed by atoms with Gasteiger partial charge in [0.15, 0.2) is 0 Å². The van der Waals surface area contributed by atoms with Crippen molar-refractivity contribution in [2.24, 2.45) is 0 Å². The van der Waals surface area contributed by atoms with Gasteiger partial charge in [0, 0.05) is 30.8 Å². The Morgan fingerprint density at radius 2 is 1.70 bits per heavy atom. The second-order valence-corrected chi connectivity index (χ2v) is 10.0. The zero-order valence-electron chi connectivity index (χ0n) is 21.9. The highest BCUT2D eigenvalue weighted by atomic mass is 19.4. The standard InChI is InChI=1S/C29H30F3N3O5/c1-18-2-4-21-15-19(3-5-20(21)14-18)16-27(36)28(37)33-12-13-40-24-9-6-22(7-10-24)34-23-8-11-26(35(38)39)25(17-23)29(30,31)32/h2-5,8,11,14-15,17,22,24,34H,6-7,9-10,12-13,16H2,1H3,(H,33,37). The van der Waals surface area contributed by atoms with Crippen molar-refractivity contribution in [2.75, 3.05) is 18.5 Å². The van der Waals surface area contributed by atoms with Crippen LogP contribution in [0, 0.1) is 17.0 Å². The molecular formula is C29H30F3N3O5. The van der Waals surface area contributed by atoms with E-state index < -0.39 is 34.0 Å². The van der Waals surface area contributed by atoms with Gasteiger partial charge in [-0.15, -0.1) is 0 Å². The number of carbonyl (C=O) groups excluding carboxylic acids is 2. The molecule has 4 rings (SSSR count). The van der Waals surface area contributed by atoms with Crippen LogP contribution in [0.5, 0.6) is 0 Å². The van der Waals surface area contributed by atoms with E-state index in [1.165, 1.54) is 6.07 Å². The number of fused-ring (bicyclic) bond motifs is 1. The molecule has 0 bridgehead atoms. The summed E-state index contributed by atoms with van der Waals surface area (Å²) in [5.41, 5.74) is -0.178. The number of hydrogen-bond acceptors (Lipinski definition) is 6. The highest BCUT2D eigenvalue weighted by molar-refractivity contribution is 6.36. The number of nitro benzene ring substituents is 1. The zero-order chi connectivity index (χ0) is 28.9. The van der Waals surface area contributed by atoms with Crippen molar-refractivity contribution in [2.45, 2.75) is 57.3 Å². The van der Waals surface area contributed by atoms with Crippen molar-refractivity contribution < 1.29 is 32.4 Å². The van der Waals surface area contributed by atoms with Crippen molar-refractivity contribution in [1.29, 1.82) is 0 Å². The fraction of sp³-hybridized carbons (Fsp3) is 0.379. The van der Waals surface area contributed by atoms with Crippen molar-refractivity contribution in [1.82, 2.24) is 5.32 Å². The van der Waals surface area contributed by atoms with Crippen molar-refractivity contribution >= 4 is 33.8 Å². The summed E-state index contributed by atoms with van der Waals surface area (Å²) in [6, 6.07) is 14.5. The van der Waals surface area contributed by atoms with E-state index in [1.807, 2.05) is 37.3 Å². The first-order valence-electron chi connectivity index (χ1n) is 13.0. The van der Waals surface area contributed by atoms with Gasteiger partial charge in [0.25, 0.3) is 11.6 Å². The molecule has 0 atom stereocenters. The van der Waals surface area contributed by atoms with Crippen LogP contribution in [0.4, 0.5) is 24.5 Å². The molecule has 1 aliphatic rings. The normalized spacial score (nSPS) is 17.4. The predicted octanol–water partition coefficient (Wildman–Crippen LogP) is 5.74. The monoisotopic (exact) mass is 557 g/mol. The van der Waals surface area contributed by atoms with Crippen LogP contribution >= 0.6 is 0 Å². The molecule has 0 heterocycles. The first-order valence-corrected chi connectivity index (χ1v) is 13.0. The Morgan fingerprint density at radius 1 is 1.00 bits per heavy atom. The Kier molecular flexibility index (Phi) is 9.03. The minimum absolute atomic E-state index is 0.00669. The maximum Gasteiger partial charge on any atom is 0.423 e. The number of alkyl halides is 3. The maximum absolute atomic E-state index is 13.2. The first kappa shape index (κ1) is 29.0. The summed E-state index contributed by atoms with van der Waals surface area (Å²) < 4.78 is 45.5. The molecule has 0 spiro atoms. The quantitative estimate of drug-likeness (QED) is 0.142. The fourth-order valence-electron chi connectivity index (χ4n) is 4.90. The van der Waals surface area contributed by atoms with Crippen LogP contribution in [0.2, 0.25) is 0 Å². The lowest BCUT2D eigenvalue weighted by Crippen LogP contribution is -2.36. The van der Waals surface area contributed by atoms with E-state index in [2.05, 4.69) is 16.7 Å². The average Bonchev–Trinajstić information content (AvgIpc) is 2.91. The van der Waals surface area contributed by atoms with Gasteiger partial charge in [0.1, 0.15) is 5.56 Å². The summed E-state index contributed by atoms with van der Waals surface area (Å²) in [6.07, 6.45) is -2.31. The van der Waals surface area contributed by atoms with Crippen molar-refractivity contribution in [3.8, 4) is 0 Å². The average molecular weight is 558 g/mol. The number of ketones is 1. The summed E-state index contributed by atoms with van der Waals surface area (Å²) in [6.45, 7) is 2.42. The van der Waals surface area contributed by atoms with Crippen LogP contribution < -0.4 is 10.6 Å². The third-order valence-corrected chi connectivity index (χ3v) is 6.96. The molecule has 3 aromatic carbocycles. The number of nitrogens with zero attached hydrogens (tertiary/aromatic N) is 1. The predicted molar refractivity (Wildman–Crippen MR) is 144 cm³/mol. The second-order valence-electron chi connectivity index (χ2n) is 10.0. The largest absolute Gasteiger partial charge is 0.423 e. The van der Waals surface area contributed by atoms with E-state index in [0.717, 1.165) is 34.0 Å². The van der Waals surface area contributed by atoms with E-state index in [9.17, 15) is 32.9 Å². The van der Waals surface area contributed by atoms with E-state index in [1.54, 1.807) is 0 Å². The van der Waals surface area contributed by atoms with Crippen LogP contribution in [0.1, 0.15) is 42.4 Å². The van der Waals surface area contributed by atoms with Gasteiger partial charge < -0.3 is 15.4 Å². The minimum Gasteiger partial charge on any atom is -0.382 e. The number of amides is 1. The number of ether oxygens (including phenoxy) is 1. The number of hydrogen-bond donors (Lipinski definition) is 2. The molecule has 2 N–H and O–H groups in total. The van der Waals surface area contributed by atoms with Gasteiger partial charge in [-0.1, -0.05) is 42.0 Å². The number of nitrogens with one attached hydrogen (secondary N) is 2. The molecule has 1 fully saturated rings. The highest BCUT2D eigenvalue weighted by Crippen LogP contribution is 2.38. The molecular weight excluding hydrogens is 527 g/mol. The van der Waals surface area contributed by atoms with Gasteiger partial charge in [0.05, 0.1) is 17.6 Å². The van der Waals surface area contributed by atoms with Gasteiger partial charge >= 0.3 is 6.18 Å². The number of carbonyl (C=O) groups is 2. The number of Topliss-reactive ketones (excluding diaryl/α,β-unsaturated/α-hetero) is 1. The Hall–Kier alpha value is -3.99. The van der Waals surface area contributed by atoms with E-state index >= 15 is 0 Å². The first-order chi connectivity index (χ1) is 19.0. The molecule has 0 radical (unpaired) electrons. The molecule has 0 aliphatic heterocycles. The topological polar surface area (TPSA) is 111 Å². The summed E-state index contributed by atoms with van der Waals surface area (Å²) in [5, 5.41) is 18.6. The smallest absolute Gasteiger partial charge is 0.382 e. The van der Waals surface area contributed by atoms with Gasteiger partial charge in [0.2, 0.25) is 5.78 Å². The Balaban J connectivity index is 1.17. The van der Waals surface area contributed by atoms with Crippen LogP contribution in [0.15, 0.2) is 54.6 Å². The second kappa shape index (κ2) is 12.5. The number of benzene rings is 3.